The Labute approximate surface area is 149 Å². The van der Waals surface area contributed by atoms with Crippen LogP contribution < -0.4 is 4.90 Å². The Morgan fingerprint density at radius 1 is 1.24 bits per heavy atom. The summed E-state index contributed by atoms with van der Waals surface area (Å²) in [5.74, 6) is 0.579. The molecule has 1 saturated heterocycles. The third kappa shape index (κ3) is 4.56. The van der Waals surface area contributed by atoms with Crippen molar-refractivity contribution in [2.24, 2.45) is 0 Å². The highest BCUT2D eigenvalue weighted by molar-refractivity contribution is 5.76. The molecule has 0 saturated carbocycles. The van der Waals surface area contributed by atoms with Crippen LogP contribution in [0.5, 0.6) is 0 Å². The van der Waals surface area contributed by atoms with Crippen LogP contribution in [-0.2, 0) is 11.2 Å². The van der Waals surface area contributed by atoms with E-state index in [0.717, 1.165) is 38.0 Å². The van der Waals surface area contributed by atoms with Gasteiger partial charge in [-0.25, -0.2) is 9.97 Å². The first kappa shape index (κ1) is 17.4. The van der Waals surface area contributed by atoms with Gasteiger partial charge in [-0.1, -0.05) is 12.1 Å². The molecular formula is C20H26N4O. The Bertz CT molecular complexity index is 685. The van der Waals surface area contributed by atoms with Gasteiger partial charge in [0, 0.05) is 57.1 Å². The lowest BCUT2D eigenvalue weighted by Gasteiger charge is -2.32. The lowest BCUT2D eigenvalue weighted by atomic mass is 9.94. The van der Waals surface area contributed by atoms with E-state index in [2.05, 4.69) is 39.1 Å². The molecule has 25 heavy (non-hydrogen) atoms. The summed E-state index contributed by atoms with van der Waals surface area (Å²) in [6.07, 6.45) is 6.86. The maximum Gasteiger partial charge on any atom is 0.222 e. The molecule has 0 N–H and O–H groups in total. The highest BCUT2D eigenvalue weighted by Crippen LogP contribution is 2.25. The van der Waals surface area contributed by atoms with Gasteiger partial charge >= 0.3 is 0 Å². The quantitative estimate of drug-likeness (QED) is 0.841. The van der Waals surface area contributed by atoms with Crippen LogP contribution >= 0.6 is 0 Å². The number of anilines is 1. The minimum Gasteiger partial charge on any atom is -0.378 e. The van der Waals surface area contributed by atoms with Crippen LogP contribution in [0.1, 0.15) is 36.4 Å². The second kappa shape index (κ2) is 8.10. The van der Waals surface area contributed by atoms with Crippen LogP contribution in [0.25, 0.3) is 0 Å². The Balaban J connectivity index is 1.54. The zero-order valence-corrected chi connectivity index (χ0v) is 15.1. The minimum atomic E-state index is 0.246. The standard InChI is InChI=1S/C20H26N4O/c1-23(2)18-8-5-16(6-9-18)7-10-20(25)24-13-3-4-17(14-24)19-11-12-21-15-22-19/h5-6,8-9,11-12,15,17H,3-4,7,10,13-14H2,1-2H3/t17-/m1/s1. The summed E-state index contributed by atoms with van der Waals surface area (Å²) in [5.41, 5.74) is 3.44. The predicted octanol–water partition coefficient (Wildman–Crippen LogP) is 2.88. The largest absolute Gasteiger partial charge is 0.378 e. The molecule has 1 aliphatic heterocycles. The van der Waals surface area contributed by atoms with Gasteiger partial charge < -0.3 is 9.80 Å². The molecule has 2 aromatic rings. The molecule has 1 aliphatic rings. The molecule has 3 rings (SSSR count). The van der Waals surface area contributed by atoms with E-state index in [1.54, 1.807) is 12.5 Å². The van der Waals surface area contributed by atoms with E-state index in [9.17, 15) is 4.79 Å². The lowest BCUT2D eigenvalue weighted by molar-refractivity contribution is -0.132. The van der Waals surface area contributed by atoms with Crippen LogP contribution in [-0.4, -0.2) is 48.0 Å². The molecular weight excluding hydrogens is 312 g/mol. The topological polar surface area (TPSA) is 49.3 Å². The first-order valence-electron chi connectivity index (χ1n) is 8.93. The molecule has 0 spiro atoms. The summed E-state index contributed by atoms with van der Waals surface area (Å²) < 4.78 is 0. The molecule has 2 heterocycles. The first-order chi connectivity index (χ1) is 12.1. The SMILES string of the molecule is CN(C)c1ccc(CCC(=O)N2CCC[C@@H](c3ccncn3)C2)cc1. The van der Waals surface area contributed by atoms with Gasteiger partial charge in [0.25, 0.3) is 0 Å². The number of likely N-dealkylation sites (tertiary alicyclic amines) is 1. The molecule has 0 radical (unpaired) electrons. The highest BCUT2D eigenvalue weighted by Gasteiger charge is 2.25. The van der Waals surface area contributed by atoms with Crippen molar-refractivity contribution in [3.63, 3.8) is 0 Å². The van der Waals surface area contributed by atoms with Crippen molar-refractivity contribution >= 4 is 11.6 Å². The minimum absolute atomic E-state index is 0.246. The fourth-order valence-electron chi connectivity index (χ4n) is 3.36. The normalized spacial score (nSPS) is 17.4. The Hall–Kier alpha value is -2.43. The molecule has 1 aromatic carbocycles. The predicted molar refractivity (Wildman–Crippen MR) is 99.7 cm³/mol. The molecule has 1 fully saturated rings. The number of aromatic nitrogens is 2. The van der Waals surface area contributed by atoms with Gasteiger partial charge in [-0.15, -0.1) is 0 Å². The van der Waals surface area contributed by atoms with Crippen LogP contribution in [0.3, 0.4) is 0 Å². The number of nitrogens with zero attached hydrogens (tertiary/aromatic N) is 4. The number of carbonyl (C=O) groups excluding carboxylic acids is 1. The van der Waals surface area contributed by atoms with Crippen LogP contribution in [0.2, 0.25) is 0 Å². The third-order valence-corrected chi connectivity index (χ3v) is 4.88. The van der Waals surface area contributed by atoms with E-state index in [1.165, 1.54) is 11.3 Å². The summed E-state index contributed by atoms with van der Waals surface area (Å²) >= 11 is 0. The zero-order chi connectivity index (χ0) is 17.6. The van der Waals surface area contributed by atoms with Gasteiger partial charge in [0.05, 0.1) is 0 Å². The van der Waals surface area contributed by atoms with E-state index in [1.807, 2.05) is 25.1 Å². The van der Waals surface area contributed by atoms with Gasteiger partial charge in [0.15, 0.2) is 0 Å². The van der Waals surface area contributed by atoms with Gasteiger partial charge in [0.2, 0.25) is 5.91 Å². The fourth-order valence-corrected chi connectivity index (χ4v) is 3.36. The Morgan fingerprint density at radius 3 is 2.72 bits per heavy atom. The summed E-state index contributed by atoms with van der Waals surface area (Å²) in [5, 5.41) is 0. The van der Waals surface area contributed by atoms with E-state index < -0.39 is 0 Å². The van der Waals surface area contributed by atoms with E-state index in [-0.39, 0.29) is 5.91 Å². The Kier molecular flexibility index (Phi) is 5.64. The van der Waals surface area contributed by atoms with E-state index in [4.69, 9.17) is 0 Å². The molecule has 0 unspecified atom stereocenters. The number of carbonyl (C=O) groups is 1. The number of amides is 1. The number of hydrogen-bond donors (Lipinski definition) is 0. The van der Waals surface area contributed by atoms with E-state index in [0.29, 0.717) is 12.3 Å². The summed E-state index contributed by atoms with van der Waals surface area (Å²) in [4.78, 5) is 25.0. The molecule has 1 amide bonds. The summed E-state index contributed by atoms with van der Waals surface area (Å²) in [6.45, 7) is 1.63. The number of rotatable bonds is 5. The second-order valence-corrected chi connectivity index (χ2v) is 6.87. The molecule has 1 aromatic heterocycles. The van der Waals surface area contributed by atoms with Crippen molar-refractivity contribution in [2.45, 2.75) is 31.6 Å². The second-order valence-electron chi connectivity index (χ2n) is 6.87. The van der Waals surface area contributed by atoms with Gasteiger partial charge in [-0.05, 0) is 43.0 Å². The smallest absolute Gasteiger partial charge is 0.222 e. The molecule has 0 aliphatic carbocycles. The van der Waals surface area contributed by atoms with Gasteiger partial charge in [0.1, 0.15) is 6.33 Å². The molecule has 5 nitrogen and oxygen atoms in total. The molecule has 5 heteroatoms. The molecule has 1 atom stereocenters. The maximum atomic E-state index is 12.6. The van der Waals surface area contributed by atoms with Crippen molar-refractivity contribution in [1.29, 1.82) is 0 Å². The van der Waals surface area contributed by atoms with Crippen LogP contribution in [0.4, 0.5) is 5.69 Å². The summed E-state index contributed by atoms with van der Waals surface area (Å²) in [7, 11) is 4.06. The number of hydrogen-bond acceptors (Lipinski definition) is 4. The number of benzene rings is 1. The average Bonchev–Trinajstić information content (AvgIpc) is 2.67. The first-order valence-corrected chi connectivity index (χ1v) is 8.93. The van der Waals surface area contributed by atoms with Crippen LogP contribution in [0.15, 0.2) is 42.9 Å². The average molecular weight is 338 g/mol. The van der Waals surface area contributed by atoms with Crippen molar-refractivity contribution in [3.05, 3.63) is 54.1 Å². The monoisotopic (exact) mass is 338 g/mol. The number of piperidine rings is 1. The lowest BCUT2D eigenvalue weighted by Crippen LogP contribution is -2.39. The zero-order valence-electron chi connectivity index (χ0n) is 15.1. The van der Waals surface area contributed by atoms with Crippen molar-refractivity contribution in [1.82, 2.24) is 14.9 Å². The summed E-state index contributed by atoms with van der Waals surface area (Å²) in [6, 6.07) is 10.4. The molecule has 0 bridgehead atoms. The maximum absolute atomic E-state index is 12.6. The van der Waals surface area contributed by atoms with Gasteiger partial charge in [-0.2, -0.15) is 0 Å². The van der Waals surface area contributed by atoms with Crippen molar-refractivity contribution in [3.8, 4) is 0 Å². The fraction of sp³-hybridized carbons (Fsp3) is 0.450. The molecule has 132 valence electrons. The van der Waals surface area contributed by atoms with Gasteiger partial charge in [-0.3, -0.25) is 4.79 Å². The van der Waals surface area contributed by atoms with Crippen molar-refractivity contribution < 1.29 is 4.79 Å². The third-order valence-electron chi connectivity index (χ3n) is 4.88. The highest BCUT2D eigenvalue weighted by atomic mass is 16.2. The van der Waals surface area contributed by atoms with E-state index >= 15 is 0 Å². The Morgan fingerprint density at radius 2 is 2.04 bits per heavy atom. The number of aryl methyl sites for hydroxylation is 1. The van der Waals surface area contributed by atoms with Crippen LogP contribution in [0, 0.1) is 0 Å². The van der Waals surface area contributed by atoms with Crippen molar-refractivity contribution in [2.75, 3.05) is 32.1 Å².